The highest BCUT2D eigenvalue weighted by Crippen LogP contribution is 2.11. The summed E-state index contributed by atoms with van der Waals surface area (Å²) in [4.78, 5) is 4.03. The summed E-state index contributed by atoms with van der Waals surface area (Å²) in [6.07, 6.45) is 3.07. The molecule has 3 N–H and O–H groups in total. The average molecular weight is 478 g/mol. The van der Waals surface area contributed by atoms with E-state index in [9.17, 15) is 8.42 Å². The number of sulfonamides is 1. The molecule has 0 aromatic rings. The summed E-state index contributed by atoms with van der Waals surface area (Å²) in [7, 11) is -1.67. The Morgan fingerprint density at radius 2 is 2.04 bits per heavy atom. The number of hydrogen-bond acceptors (Lipinski definition) is 5. The zero-order valence-electron chi connectivity index (χ0n) is 14.5. The molecule has 0 spiro atoms. The first kappa shape index (κ1) is 23.8. The second-order valence-electron chi connectivity index (χ2n) is 5.28. The third-order valence-electron chi connectivity index (χ3n) is 3.43. The number of halogens is 1. The first-order valence-electron chi connectivity index (χ1n) is 8.18. The molecule has 1 unspecified atom stereocenters. The first-order chi connectivity index (χ1) is 11.1. The average Bonchev–Trinajstić information content (AvgIpc) is 2.56. The summed E-state index contributed by atoms with van der Waals surface area (Å²) >= 11 is 0. The lowest BCUT2D eigenvalue weighted by Gasteiger charge is -2.22. The van der Waals surface area contributed by atoms with Gasteiger partial charge in [0.25, 0.3) is 0 Å². The molecule has 1 rings (SSSR count). The number of nitrogens with zero attached hydrogens (tertiary/aromatic N) is 1. The van der Waals surface area contributed by atoms with Gasteiger partial charge < -0.3 is 20.1 Å². The zero-order valence-corrected chi connectivity index (χ0v) is 17.7. The van der Waals surface area contributed by atoms with Crippen LogP contribution in [0.25, 0.3) is 0 Å². The fraction of sp³-hybridized carbons (Fsp3) is 0.929. The van der Waals surface area contributed by atoms with Crippen molar-refractivity contribution in [3.05, 3.63) is 0 Å². The molecular weight excluding hydrogens is 447 g/mol. The summed E-state index contributed by atoms with van der Waals surface area (Å²) < 4.78 is 37.2. The van der Waals surface area contributed by atoms with Crippen LogP contribution in [0.15, 0.2) is 4.99 Å². The highest BCUT2D eigenvalue weighted by Gasteiger charge is 2.17. The molecule has 1 aliphatic rings. The lowest BCUT2D eigenvalue weighted by atomic mass is 10.1. The molecule has 0 saturated carbocycles. The molecule has 24 heavy (non-hydrogen) atoms. The third kappa shape index (κ3) is 11.4. The van der Waals surface area contributed by atoms with E-state index in [0.29, 0.717) is 32.3 Å². The summed E-state index contributed by atoms with van der Waals surface area (Å²) in [5.41, 5.74) is 0. The van der Waals surface area contributed by atoms with Crippen LogP contribution in [0, 0.1) is 0 Å². The summed E-state index contributed by atoms with van der Waals surface area (Å²) in [5, 5.41) is 6.03. The Morgan fingerprint density at radius 1 is 1.29 bits per heavy atom. The summed E-state index contributed by atoms with van der Waals surface area (Å²) in [6, 6.07) is 0. The van der Waals surface area contributed by atoms with Gasteiger partial charge in [-0.05, 0) is 26.2 Å². The van der Waals surface area contributed by atoms with Crippen LogP contribution in [-0.2, 0) is 19.5 Å². The molecule has 8 nitrogen and oxygen atoms in total. The van der Waals surface area contributed by atoms with Crippen molar-refractivity contribution in [1.29, 1.82) is 0 Å². The van der Waals surface area contributed by atoms with Crippen molar-refractivity contribution < 1.29 is 17.9 Å². The van der Waals surface area contributed by atoms with Gasteiger partial charge >= 0.3 is 0 Å². The summed E-state index contributed by atoms with van der Waals surface area (Å²) in [5.74, 6) is 0.557. The molecule has 144 valence electrons. The minimum Gasteiger partial charge on any atom is -0.380 e. The van der Waals surface area contributed by atoms with Crippen molar-refractivity contribution in [2.75, 3.05) is 52.3 Å². The minimum absolute atomic E-state index is 0. The molecule has 0 radical (unpaired) electrons. The largest absolute Gasteiger partial charge is 0.380 e. The number of nitrogens with one attached hydrogen (secondary N) is 3. The predicted octanol–water partition coefficient (Wildman–Crippen LogP) is 0.294. The van der Waals surface area contributed by atoms with Gasteiger partial charge in [-0.2, -0.15) is 0 Å². The monoisotopic (exact) mass is 478 g/mol. The minimum atomic E-state index is -3.31. The van der Waals surface area contributed by atoms with Gasteiger partial charge in [0.1, 0.15) is 0 Å². The Labute approximate surface area is 162 Å². The van der Waals surface area contributed by atoms with Crippen molar-refractivity contribution >= 4 is 40.0 Å². The molecule has 1 fully saturated rings. The maximum atomic E-state index is 12.0. The SMILES string of the molecule is CCOCCNC(=NC)NCCS(=O)(=O)NCC1CCCCO1.I. The van der Waals surface area contributed by atoms with Crippen LogP contribution in [0.3, 0.4) is 0 Å². The van der Waals surface area contributed by atoms with Gasteiger partial charge in [0.2, 0.25) is 10.0 Å². The van der Waals surface area contributed by atoms with Crippen molar-refractivity contribution in [2.45, 2.75) is 32.3 Å². The second-order valence-corrected chi connectivity index (χ2v) is 7.21. The van der Waals surface area contributed by atoms with Crippen molar-refractivity contribution in [1.82, 2.24) is 15.4 Å². The van der Waals surface area contributed by atoms with Crippen molar-refractivity contribution in [2.24, 2.45) is 4.99 Å². The van der Waals surface area contributed by atoms with Gasteiger partial charge in [0, 0.05) is 39.9 Å². The molecule has 0 bridgehead atoms. The van der Waals surface area contributed by atoms with Crippen LogP contribution in [0.4, 0.5) is 0 Å². The van der Waals surface area contributed by atoms with Crippen LogP contribution in [-0.4, -0.2) is 72.7 Å². The van der Waals surface area contributed by atoms with Gasteiger partial charge in [-0.3, -0.25) is 4.99 Å². The number of rotatable bonds is 10. The van der Waals surface area contributed by atoms with E-state index in [1.54, 1.807) is 7.05 Å². The summed E-state index contributed by atoms with van der Waals surface area (Å²) in [6.45, 7) is 5.16. The molecule has 1 heterocycles. The molecule has 0 aromatic carbocycles. The van der Waals surface area contributed by atoms with Gasteiger partial charge in [-0.1, -0.05) is 0 Å². The fourth-order valence-electron chi connectivity index (χ4n) is 2.17. The zero-order chi connectivity index (χ0) is 17.0. The lowest BCUT2D eigenvalue weighted by molar-refractivity contribution is 0.0200. The van der Waals surface area contributed by atoms with E-state index in [0.717, 1.165) is 25.9 Å². The highest BCUT2D eigenvalue weighted by molar-refractivity contribution is 14.0. The second kappa shape index (κ2) is 14.0. The topological polar surface area (TPSA) is 101 Å². The van der Waals surface area contributed by atoms with E-state index < -0.39 is 10.0 Å². The standard InChI is InChI=1S/C14H30N4O4S.HI/c1-3-21-10-7-16-14(15-2)17-8-11-23(19,20)18-12-13-6-4-5-9-22-13;/h13,18H,3-12H2,1-2H3,(H2,15,16,17);1H. The smallest absolute Gasteiger partial charge is 0.213 e. The van der Waals surface area contributed by atoms with E-state index in [-0.39, 0.29) is 42.4 Å². The highest BCUT2D eigenvalue weighted by atomic mass is 127. The van der Waals surface area contributed by atoms with Gasteiger partial charge in [-0.25, -0.2) is 13.1 Å². The Kier molecular flexibility index (Phi) is 13.9. The van der Waals surface area contributed by atoms with Crippen LogP contribution in [0.1, 0.15) is 26.2 Å². The molecule has 1 aliphatic heterocycles. The Morgan fingerprint density at radius 3 is 2.67 bits per heavy atom. The van der Waals surface area contributed by atoms with E-state index in [4.69, 9.17) is 9.47 Å². The number of aliphatic imine (C=N–C) groups is 1. The predicted molar refractivity (Wildman–Crippen MR) is 107 cm³/mol. The lowest BCUT2D eigenvalue weighted by Crippen LogP contribution is -2.43. The van der Waals surface area contributed by atoms with Crippen molar-refractivity contribution in [3.63, 3.8) is 0 Å². The third-order valence-corrected chi connectivity index (χ3v) is 4.78. The van der Waals surface area contributed by atoms with Gasteiger partial charge in [0.05, 0.1) is 18.5 Å². The van der Waals surface area contributed by atoms with Crippen LogP contribution < -0.4 is 15.4 Å². The van der Waals surface area contributed by atoms with Gasteiger partial charge in [0.15, 0.2) is 5.96 Å². The Balaban J connectivity index is 0.00000529. The maximum Gasteiger partial charge on any atom is 0.213 e. The molecule has 0 aliphatic carbocycles. The van der Waals surface area contributed by atoms with E-state index in [2.05, 4.69) is 20.3 Å². The fourth-order valence-corrected chi connectivity index (χ4v) is 3.13. The Bertz CT molecular complexity index is 442. The number of ether oxygens (including phenoxy) is 2. The molecule has 0 amide bonds. The molecule has 10 heteroatoms. The quantitative estimate of drug-likeness (QED) is 0.181. The van der Waals surface area contributed by atoms with E-state index in [1.807, 2.05) is 6.92 Å². The van der Waals surface area contributed by atoms with Crippen molar-refractivity contribution in [3.8, 4) is 0 Å². The van der Waals surface area contributed by atoms with Crippen LogP contribution in [0.2, 0.25) is 0 Å². The molecule has 1 saturated heterocycles. The molecular formula is C14H31IN4O4S. The van der Waals surface area contributed by atoms with E-state index >= 15 is 0 Å². The number of guanidine groups is 1. The van der Waals surface area contributed by atoms with Gasteiger partial charge in [-0.15, -0.1) is 24.0 Å². The van der Waals surface area contributed by atoms with E-state index in [1.165, 1.54) is 0 Å². The first-order valence-corrected chi connectivity index (χ1v) is 9.84. The molecule has 0 aromatic heterocycles. The van der Waals surface area contributed by atoms with Crippen LogP contribution in [0.5, 0.6) is 0 Å². The normalized spacial score (nSPS) is 18.8. The number of hydrogen-bond donors (Lipinski definition) is 3. The van der Waals surface area contributed by atoms with Crippen LogP contribution >= 0.6 is 24.0 Å². The molecule has 1 atom stereocenters. The Hall–Kier alpha value is -0.170. The maximum absolute atomic E-state index is 12.0.